The van der Waals surface area contributed by atoms with Crippen LogP contribution < -0.4 is 14.8 Å². The summed E-state index contributed by atoms with van der Waals surface area (Å²) in [5.41, 5.74) is 3.84. The van der Waals surface area contributed by atoms with Gasteiger partial charge in [-0.3, -0.25) is 5.32 Å². The summed E-state index contributed by atoms with van der Waals surface area (Å²) in [6.45, 7) is 0.0508. The van der Waals surface area contributed by atoms with Gasteiger partial charge in [0.15, 0.2) is 0 Å². The molecular formula is C25H23N3O4. The Balaban J connectivity index is 1.57. The molecule has 0 bridgehead atoms. The lowest BCUT2D eigenvalue weighted by Crippen LogP contribution is -2.14. The van der Waals surface area contributed by atoms with Gasteiger partial charge in [0, 0.05) is 17.3 Å². The van der Waals surface area contributed by atoms with Gasteiger partial charge >= 0.3 is 6.09 Å². The first-order valence-electron chi connectivity index (χ1n) is 10.0. The van der Waals surface area contributed by atoms with Crippen molar-refractivity contribution in [2.75, 3.05) is 19.5 Å². The number of methoxy groups -OCH3 is 2. The van der Waals surface area contributed by atoms with Crippen molar-refractivity contribution in [2.45, 2.75) is 6.61 Å². The van der Waals surface area contributed by atoms with Crippen LogP contribution >= 0.6 is 0 Å². The molecule has 1 N–H and O–H groups in total. The predicted molar refractivity (Wildman–Crippen MR) is 122 cm³/mol. The van der Waals surface area contributed by atoms with E-state index in [2.05, 4.69) is 5.32 Å². The summed E-state index contributed by atoms with van der Waals surface area (Å²) in [6, 6.07) is 24.5. The van der Waals surface area contributed by atoms with E-state index in [1.807, 2.05) is 72.9 Å². The number of benzene rings is 3. The number of ether oxygens (including phenoxy) is 3. The molecule has 0 aliphatic carbocycles. The van der Waals surface area contributed by atoms with E-state index in [1.54, 1.807) is 31.0 Å². The number of hydrogen-bond acceptors (Lipinski definition) is 5. The van der Waals surface area contributed by atoms with Crippen LogP contribution in [0.15, 0.2) is 85.1 Å². The lowest BCUT2D eigenvalue weighted by atomic mass is 10.1. The van der Waals surface area contributed by atoms with E-state index in [-0.39, 0.29) is 6.61 Å². The van der Waals surface area contributed by atoms with Gasteiger partial charge in [0.25, 0.3) is 0 Å². The van der Waals surface area contributed by atoms with Crippen LogP contribution in [0.2, 0.25) is 0 Å². The minimum Gasteiger partial charge on any atom is -0.497 e. The topological polar surface area (TPSA) is 74.6 Å². The zero-order chi connectivity index (χ0) is 22.3. The first-order chi connectivity index (χ1) is 15.7. The molecule has 0 radical (unpaired) electrons. The number of carbonyl (C=O) groups is 1. The third-order valence-electron chi connectivity index (χ3n) is 4.88. The second-order valence-corrected chi connectivity index (χ2v) is 6.91. The van der Waals surface area contributed by atoms with Crippen molar-refractivity contribution in [3.63, 3.8) is 0 Å². The summed E-state index contributed by atoms with van der Waals surface area (Å²) in [5, 5.41) is 7.45. The van der Waals surface area contributed by atoms with Gasteiger partial charge in [-0.05, 0) is 48.5 Å². The van der Waals surface area contributed by atoms with Crippen molar-refractivity contribution in [1.29, 1.82) is 0 Å². The highest BCUT2D eigenvalue weighted by Crippen LogP contribution is 2.27. The Morgan fingerprint density at radius 1 is 0.906 bits per heavy atom. The Hall–Kier alpha value is -4.26. The fourth-order valence-electron chi connectivity index (χ4n) is 3.26. The number of aromatic nitrogens is 2. The molecule has 0 saturated carbocycles. The Kier molecular flexibility index (Phi) is 6.36. The van der Waals surface area contributed by atoms with Crippen LogP contribution in [0.5, 0.6) is 11.5 Å². The number of para-hydroxylation sites is 3. The molecule has 0 aliphatic rings. The van der Waals surface area contributed by atoms with Crippen LogP contribution in [0.3, 0.4) is 0 Å². The molecule has 4 aromatic rings. The standard InChI is InChI=1S/C25H23N3O4/c1-30-21-14-12-18(13-15-21)24-19(16-28(27-24)20-8-4-3-5-9-20)17-32-25(29)26-22-10-6-7-11-23(22)31-2/h3-16H,17H2,1-2H3,(H,26,29). The van der Waals surface area contributed by atoms with E-state index >= 15 is 0 Å². The maximum Gasteiger partial charge on any atom is 0.412 e. The molecule has 1 heterocycles. The average molecular weight is 429 g/mol. The normalized spacial score (nSPS) is 10.4. The lowest BCUT2D eigenvalue weighted by molar-refractivity contribution is 0.155. The van der Waals surface area contributed by atoms with Gasteiger partial charge in [-0.25, -0.2) is 9.48 Å². The number of hydrogen-bond donors (Lipinski definition) is 1. The van der Waals surface area contributed by atoms with Crippen molar-refractivity contribution in [2.24, 2.45) is 0 Å². The Morgan fingerprint density at radius 3 is 2.34 bits per heavy atom. The molecule has 7 nitrogen and oxygen atoms in total. The summed E-state index contributed by atoms with van der Waals surface area (Å²) >= 11 is 0. The number of anilines is 1. The highest BCUT2D eigenvalue weighted by Gasteiger charge is 2.15. The number of nitrogens with one attached hydrogen (secondary N) is 1. The van der Waals surface area contributed by atoms with Crippen LogP contribution in [-0.2, 0) is 11.3 Å². The van der Waals surface area contributed by atoms with E-state index in [0.29, 0.717) is 11.4 Å². The molecule has 0 atom stereocenters. The molecule has 3 aromatic carbocycles. The van der Waals surface area contributed by atoms with Crippen molar-refractivity contribution < 1.29 is 19.0 Å². The van der Waals surface area contributed by atoms with E-state index in [1.165, 1.54) is 0 Å². The molecule has 0 saturated heterocycles. The molecular weight excluding hydrogens is 406 g/mol. The van der Waals surface area contributed by atoms with E-state index in [4.69, 9.17) is 19.3 Å². The van der Waals surface area contributed by atoms with Crippen LogP contribution in [0.4, 0.5) is 10.5 Å². The first-order valence-corrected chi connectivity index (χ1v) is 10.0. The zero-order valence-electron chi connectivity index (χ0n) is 17.8. The monoisotopic (exact) mass is 429 g/mol. The number of rotatable bonds is 7. The van der Waals surface area contributed by atoms with Gasteiger partial charge in [-0.15, -0.1) is 0 Å². The van der Waals surface area contributed by atoms with Gasteiger partial charge in [0.1, 0.15) is 18.1 Å². The summed E-state index contributed by atoms with van der Waals surface area (Å²) in [4.78, 5) is 12.4. The molecule has 0 fully saturated rings. The first kappa shape index (κ1) is 21.0. The minimum atomic E-state index is -0.581. The molecule has 1 amide bonds. The Labute approximate surface area is 186 Å². The third-order valence-corrected chi connectivity index (χ3v) is 4.88. The molecule has 162 valence electrons. The fraction of sp³-hybridized carbons (Fsp3) is 0.120. The number of nitrogens with zero attached hydrogens (tertiary/aromatic N) is 2. The van der Waals surface area contributed by atoms with Gasteiger partial charge in [-0.1, -0.05) is 30.3 Å². The largest absolute Gasteiger partial charge is 0.497 e. The van der Waals surface area contributed by atoms with Gasteiger partial charge in [0.05, 0.1) is 31.3 Å². The Bertz CT molecular complexity index is 1190. The Morgan fingerprint density at radius 2 is 1.62 bits per heavy atom. The lowest BCUT2D eigenvalue weighted by Gasteiger charge is -2.10. The van der Waals surface area contributed by atoms with Crippen LogP contribution in [-0.4, -0.2) is 30.1 Å². The minimum absolute atomic E-state index is 0.0508. The summed E-state index contributed by atoms with van der Waals surface area (Å²) < 4.78 is 17.8. The molecule has 0 spiro atoms. The maximum absolute atomic E-state index is 12.4. The van der Waals surface area contributed by atoms with Crippen molar-refractivity contribution in [3.8, 4) is 28.4 Å². The number of carbonyl (C=O) groups excluding carboxylic acids is 1. The SMILES string of the molecule is COc1ccc(-c2nn(-c3ccccc3)cc2COC(=O)Nc2ccccc2OC)cc1. The van der Waals surface area contributed by atoms with E-state index in [0.717, 1.165) is 28.3 Å². The third kappa shape index (κ3) is 4.73. The second-order valence-electron chi connectivity index (χ2n) is 6.91. The van der Waals surface area contributed by atoms with Gasteiger partial charge in [-0.2, -0.15) is 5.10 Å². The van der Waals surface area contributed by atoms with E-state index < -0.39 is 6.09 Å². The molecule has 0 unspecified atom stereocenters. The highest BCUT2D eigenvalue weighted by molar-refractivity contribution is 5.86. The maximum atomic E-state index is 12.4. The zero-order valence-corrected chi connectivity index (χ0v) is 17.8. The molecule has 4 rings (SSSR count). The summed E-state index contributed by atoms with van der Waals surface area (Å²) in [6.07, 6.45) is 1.29. The van der Waals surface area contributed by atoms with Crippen molar-refractivity contribution in [3.05, 3.63) is 90.6 Å². The predicted octanol–water partition coefficient (Wildman–Crippen LogP) is 5.31. The van der Waals surface area contributed by atoms with Gasteiger partial charge < -0.3 is 14.2 Å². The summed E-state index contributed by atoms with van der Waals surface area (Å²) in [7, 11) is 3.17. The molecule has 7 heteroatoms. The quantitative estimate of drug-likeness (QED) is 0.431. The van der Waals surface area contributed by atoms with Gasteiger partial charge in [0.2, 0.25) is 0 Å². The number of amides is 1. The molecule has 1 aromatic heterocycles. The highest BCUT2D eigenvalue weighted by atomic mass is 16.5. The van der Waals surface area contributed by atoms with Crippen molar-refractivity contribution in [1.82, 2.24) is 9.78 Å². The van der Waals surface area contributed by atoms with Crippen LogP contribution in [0.25, 0.3) is 16.9 Å². The smallest absolute Gasteiger partial charge is 0.412 e. The second kappa shape index (κ2) is 9.70. The molecule has 0 aliphatic heterocycles. The summed E-state index contributed by atoms with van der Waals surface area (Å²) in [5.74, 6) is 1.31. The van der Waals surface area contributed by atoms with Crippen molar-refractivity contribution >= 4 is 11.8 Å². The van der Waals surface area contributed by atoms with Crippen LogP contribution in [0.1, 0.15) is 5.56 Å². The van der Waals surface area contributed by atoms with Crippen LogP contribution in [0, 0.1) is 0 Å². The average Bonchev–Trinajstić information content (AvgIpc) is 3.28. The fourth-order valence-corrected chi connectivity index (χ4v) is 3.26. The molecule has 32 heavy (non-hydrogen) atoms. The van der Waals surface area contributed by atoms with E-state index in [9.17, 15) is 4.79 Å².